The van der Waals surface area contributed by atoms with Crippen LogP contribution in [0.4, 0.5) is 0 Å². The van der Waals surface area contributed by atoms with Crippen LogP contribution < -0.4 is 5.32 Å². The molecular weight excluding hydrogens is 464 g/mol. The minimum Gasteiger partial charge on any atom is -0.504 e. The van der Waals surface area contributed by atoms with Gasteiger partial charge in [-0.2, -0.15) is 0 Å². The fraction of sp³-hybridized carbons (Fsp3) is 0.125. The van der Waals surface area contributed by atoms with Crippen LogP contribution in [0.25, 0.3) is 10.9 Å². The number of phenols is 2. The Bertz CT molecular complexity index is 1490. The number of aromatic nitrogens is 1. The second-order valence-corrected chi connectivity index (χ2v) is 10.2. The first-order chi connectivity index (χ1) is 15.6. The van der Waals surface area contributed by atoms with Crippen LogP contribution in [0, 0.1) is 13.8 Å². The Labute approximate surface area is 195 Å². The predicted octanol–water partition coefficient (Wildman–Crippen LogP) is 4.61. The number of hydrogen-bond acceptors (Lipinski definition) is 5. The Balaban J connectivity index is 1.81. The van der Waals surface area contributed by atoms with Gasteiger partial charge < -0.3 is 20.5 Å². The molecule has 9 heteroatoms. The number of sulfone groups is 1. The van der Waals surface area contributed by atoms with Crippen molar-refractivity contribution >= 4 is 38.2 Å². The zero-order chi connectivity index (χ0) is 23.9. The monoisotopic (exact) mass is 484 g/mol. The zero-order valence-electron chi connectivity index (χ0n) is 17.8. The van der Waals surface area contributed by atoms with Crippen LogP contribution >= 0.6 is 11.6 Å². The average Bonchev–Trinajstić information content (AvgIpc) is 3.13. The van der Waals surface area contributed by atoms with Crippen molar-refractivity contribution in [2.45, 2.75) is 30.2 Å². The molecule has 33 heavy (non-hydrogen) atoms. The normalized spacial score (nSPS) is 11.6. The van der Waals surface area contributed by atoms with E-state index in [9.17, 15) is 23.4 Å². The van der Waals surface area contributed by atoms with Gasteiger partial charge in [-0.3, -0.25) is 4.79 Å². The first-order valence-corrected chi connectivity index (χ1v) is 11.9. The van der Waals surface area contributed by atoms with Gasteiger partial charge >= 0.3 is 0 Å². The smallest absolute Gasteiger partial charge is 0.269 e. The number of benzene rings is 3. The number of H-pyrrole nitrogens is 1. The number of rotatable bonds is 5. The molecule has 0 atom stereocenters. The molecule has 7 nitrogen and oxygen atoms in total. The minimum absolute atomic E-state index is 0.00579. The number of fused-ring (bicyclic) bond motifs is 1. The number of halogens is 1. The van der Waals surface area contributed by atoms with E-state index in [1.54, 1.807) is 38.1 Å². The van der Waals surface area contributed by atoms with E-state index >= 15 is 0 Å². The lowest BCUT2D eigenvalue weighted by molar-refractivity contribution is 0.0943. The Kier molecular flexibility index (Phi) is 5.82. The molecule has 0 saturated carbocycles. The van der Waals surface area contributed by atoms with Crippen LogP contribution in [-0.2, 0) is 16.4 Å². The number of hydrogen-bond donors (Lipinski definition) is 4. The van der Waals surface area contributed by atoms with Crippen molar-refractivity contribution in [3.8, 4) is 11.5 Å². The first kappa shape index (κ1) is 22.7. The Morgan fingerprint density at radius 3 is 2.33 bits per heavy atom. The largest absolute Gasteiger partial charge is 0.504 e. The molecule has 0 fully saturated rings. The minimum atomic E-state index is -4.08. The zero-order valence-corrected chi connectivity index (χ0v) is 19.4. The lowest BCUT2D eigenvalue weighted by Crippen LogP contribution is -2.25. The number of carbonyl (C=O) groups excluding carboxylic acids is 1. The fourth-order valence-electron chi connectivity index (χ4n) is 3.73. The van der Waals surface area contributed by atoms with Crippen LogP contribution in [0.3, 0.4) is 0 Å². The van der Waals surface area contributed by atoms with Gasteiger partial charge in [0.1, 0.15) is 10.6 Å². The quantitative estimate of drug-likeness (QED) is 0.308. The summed E-state index contributed by atoms with van der Waals surface area (Å²) in [5.41, 5.74) is 2.43. The summed E-state index contributed by atoms with van der Waals surface area (Å²) in [5, 5.41) is 22.4. The number of aromatic hydroxyl groups is 2. The lowest BCUT2D eigenvalue weighted by atomic mass is 10.2. The maximum Gasteiger partial charge on any atom is 0.269 e. The summed E-state index contributed by atoms with van der Waals surface area (Å²) in [6.45, 7) is 3.61. The molecule has 0 unspecified atom stereocenters. The number of nitrogens with one attached hydrogen (secondary N) is 2. The van der Waals surface area contributed by atoms with Gasteiger partial charge in [0, 0.05) is 22.5 Å². The number of aromatic amines is 1. The van der Waals surface area contributed by atoms with Crippen molar-refractivity contribution in [3.63, 3.8) is 0 Å². The maximum atomic E-state index is 13.7. The van der Waals surface area contributed by atoms with Crippen molar-refractivity contribution in [2.24, 2.45) is 0 Å². The van der Waals surface area contributed by atoms with Crippen LogP contribution in [-0.4, -0.2) is 29.5 Å². The molecule has 0 spiro atoms. The van der Waals surface area contributed by atoms with Gasteiger partial charge in [-0.05, 0) is 73.0 Å². The van der Waals surface area contributed by atoms with Crippen LogP contribution in [0.1, 0.15) is 27.2 Å². The van der Waals surface area contributed by atoms with Gasteiger partial charge in [-0.1, -0.05) is 23.7 Å². The van der Waals surface area contributed by atoms with Gasteiger partial charge in [0.05, 0.1) is 4.90 Å². The number of amides is 1. The third-order valence-electron chi connectivity index (χ3n) is 5.21. The van der Waals surface area contributed by atoms with Crippen LogP contribution in [0.5, 0.6) is 11.5 Å². The fourth-order valence-corrected chi connectivity index (χ4v) is 5.69. The second kappa shape index (κ2) is 8.46. The number of aryl methyl sites for hydroxylation is 2. The van der Waals surface area contributed by atoms with E-state index in [4.69, 9.17) is 11.6 Å². The number of carbonyl (C=O) groups is 1. The summed E-state index contributed by atoms with van der Waals surface area (Å²) in [6, 6.07) is 13.9. The predicted molar refractivity (Wildman–Crippen MR) is 126 cm³/mol. The van der Waals surface area contributed by atoms with E-state index in [1.165, 1.54) is 24.3 Å². The summed E-state index contributed by atoms with van der Waals surface area (Å²) >= 11 is 6.14. The lowest BCUT2D eigenvalue weighted by Gasteiger charge is -2.10. The molecule has 1 amide bonds. The van der Waals surface area contributed by atoms with Crippen molar-refractivity contribution < 1.29 is 23.4 Å². The molecule has 1 aromatic heterocycles. The molecule has 4 aromatic rings. The third kappa shape index (κ3) is 4.40. The van der Waals surface area contributed by atoms with Crippen molar-refractivity contribution in [1.29, 1.82) is 0 Å². The standard InChI is InChI=1S/C24H21ClN2O5S/c1-13-7-14(2)9-17(8-13)33(31,32)23-18-11-16(25)4-5-19(18)27-22(23)24(30)26-12-15-3-6-20(28)21(29)10-15/h3-11,27-29H,12H2,1-2H3,(H,26,30). The molecule has 4 rings (SSSR count). The van der Waals surface area contributed by atoms with Crippen molar-refractivity contribution in [3.05, 3.63) is 82.0 Å². The Morgan fingerprint density at radius 2 is 1.67 bits per heavy atom. The van der Waals surface area contributed by atoms with E-state index < -0.39 is 15.7 Å². The Hall–Kier alpha value is -3.49. The molecule has 0 aliphatic carbocycles. The van der Waals surface area contributed by atoms with E-state index in [-0.39, 0.29) is 33.5 Å². The molecule has 0 radical (unpaired) electrons. The summed E-state index contributed by atoms with van der Waals surface area (Å²) in [7, 11) is -4.08. The topological polar surface area (TPSA) is 119 Å². The SMILES string of the molecule is Cc1cc(C)cc(S(=O)(=O)c2c(C(=O)NCc3ccc(O)c(O)c3)[nH]c3ccc(Cl)cc23)c1. The Morgan fingerprint density at radius 1 is 0.970 bits per heavy atom. The van der Waals surface area contributed by atoms with Crippen LogP contribution in [0.15, 0.2) is 64.4 Å². The van der Waals surface area contributed by atoms with Gasteiger partial charge in [-0.15, -0.1) is 0 Å². The highest BCUT2D eigenvalue weighted by molar-refractivity contribution is 7.91. The molecule has 0 aliphatic rings. The molecule has 170 valence electrons. The van der Waals surface area contributed by atoms with E-state index in [1.807, 2.05) is 6.07 Å². The van der Waals surface area contributed by atoms with Gasteiger partial charge in [0.2, 0.25) is 9.84 Å². The molecule has 0 aliphatic heterocycles. The number of phenolic OH excluding ortho intramolecular Hbond substituents is 2. The molecular formula is C24H21ClN2O5S. The second-order valence-electron chi connectivity index (χ2n) is 7.85. The van der Waals surface area contributed by atoms with Crippen molar-refractivity contribution in [1.82, 2.24) is 10.3 Å². The third-order valence-corrected chi connectivity index (χ3v) is 7.26. The highest BCUT2D eigenvalue weighted by Gasteiger charge is 2.30. The summed E-state index contributed by atoms with van der Waals surface area (Å²) < 4.78 is 27.4. The van der Waals surface area contributed by atoms with Crippen molar-refractivity contribution in [2.75, 3.05) is 0 Å². The summed E-state index contributed by atoms with van der Waals surface area (Å²) in [5.74, 6) is -1.24. The summed E-state index contributed by atoms with van der Waals surface area (Å²) in [6.07, 6.45) is 0. The molecule has 0 saturated heterocycles. The van der Waals surface area contributed by atoms with Crippen LogP contribution in [0.2, 0.25) is 5.02 Å². The molecule has 4 N–H and O–H groups in total. The van der Waals surface area contributed by atoms with Gasteiger partial charge in [-0.25, -0.2) is 8.42 Å². The molecule has 3 aromatic carbocycles. The highest BCUT2D eigenvalue weighted by atomic mass is 35.5. The maximum absolute atomic E-state index is 13.7. The van der Waals surface area contributed by atoms with E-state index in [0.29, 0.717) is 21.5 Å². The van der Waals surface area contributed by atoms with E-state index in [2.05, 4.69) is 10.3 Å². The first-order valence-electron chi connectivity index (χ1n) is 10.00. The average molecular weight is 485 g/mol. The highest BCUT2D eigenvalue weighted by Crippen LogP contribution is 2.34. The van der Waals surface area contributed by atoms with Gasteiger partial charge in [0.15, 0.2) is 11.5 Å². The van der Waals surface area contributed by atoms with Gasteiger partial charge in [0.25, 0.3) is 5.91 Å². The van der Waals surface area contributed by atoms with E-state index in [0.717, 1.165) is 11.1 Å². The summed E-state index contributed by atoms with van der Waals surface area (Å²) in [4.78, 5) is 15.9. The molecule has 1 heterocycles. The molecule has 0 bridgehead atoms.